The van der Waals surface area contributed by atoms with Gasteiger partial charge < -0.3 is 19.4 Å². The van der Waals surface area contributed by atoms with Crippen molar-refractivity contribution in [3.63, 3.8) is 0 Å². The van der Waals surface area contributed by atoms with Gasteiger partial charge in [-0.2, -0.15) is 0 Å². The van der Waals surface area contributed by atoms with Gasteiger partial charge in [0.1, 0.15) is 18.0 Å². The molecule has 3 aromatic carbocycles. The smallest absolute Gasteiger partial charge is 0.244 e. The third-order valence-corrected chi connectivity index (χ3v) is 5.61. The summed E-state index contributed by atoms with van der Waals surface area (Å²) in [4.78, 5) is 39.5. The Morgan fingerprint density at radius 1 is 0.943 bits per heavy atom. The number of pyridine rings is 1. The molecular formula is C28H26N2O5. The number of hydrogen-bond acceptors (Lipinski definition) is 5. The molecule has 0 aliphatic carbocycles. The number of ketones is 1. The first-order valence-electron chi connectivity index (χ1n) is 11.2. The molecule has 0 saturated carbocycles. The SMILES string of the molecule is CCOc1ccc2c(c1)c(=O)c(C(=O)c1ccc(C)cc1)cn2CC(=O)Nc1ccc(OC)cc1. The minimum Gasteiger partial charge on any atom is -0.497 e. The number of methoxy groups -OCH3 is 1. The molecule has 0 radical (unpaired) electrons. The zero-order chi connectivity index (χ0) is 24.9. The van der Waals surface area contributed by atoms with Crippen molar-refractivity contribution >= 4 is 28.3 Å². The third kappa shape index (κ3) is 5.24. The van der Waals surface area contributed by atoms with Crippen LogP contribution < -0.4 is 20.2 Å². The van der Waals surface area contributed by atoms with Gasteiger partial charge in [0.15, 0.2) is 5.78 Å². The summed E-state index contributed by atoms with van der Waals surface area (Å²) in [7, 11) is 1.57. The standard InChI is InChI=1S/C28H26N2O5/c1-4-35-22-13-14-25-23(15-22)28(33)24(27(32)19-7-5-18(2)6-8-19)16-30(25)17-26(31)29-20-9-11-21(34-3)12-10-20/h5-16H,4,17H2,1-3H3,(H,29,31). The molecule has 0 bridgehead atoms. The van der Waals surface area contributed by atoms with E-state index in [4.69, 9.17) is 9.47 Å². The van der Waals surface area contributed by atoms with Crippen molar-refractivity contribution in [1.82, 2.24) is 4.57 Å². The van der Waals surface area contributed by atoms with Gasteiger partial charge in [0, 0.05) is 17.4 Å². The maximum Gasteiger partial charge on any atom is 0.244 e. The second-order valence-corrected chi connectivity index (χ2v) is 8.08. The highest BCUT2D eigenvalue weighted by Gasteiger charge is 2.19. The van der Waals surface area contributed by atoms with Crippen molar-refractivity contribution < 1.29 is 19.1 Å². The van der Waals surface area contributed by atoms with Crippen LogP contribution in [0.2, 0.25) is 0 Å². The number of hydrogen-bond donors (Lipinski definition) is 1. The molecule has 35 heavy (non-hydrogen) atoms. The monoisotopic (exact) mass is 470 g/mol. The largest absolute Gasteiger partial charge is 0.497 e. The topological polar surface area (TPSA) is 86.6 Å². The molecule has 7 heteroatoms. The Balaban J connectivity index is 1.74. The molecule has 1 N–H and O–H groups in total. The Morgan fingerprint density at radius 2 is 1.63 bits per heavy atom. The number of anilines is 1. The van der Waals surface area contributed by atoms with Gasteiger partial charge in [-0.15, -0.1) is 0 Å². The fourth-order valence-electron chi connectivity index (χ4n) is 3.82. The summed E-state index contributed by atoms with van der Waals surface area (Å²) in [5, 5.41) is 3.15. The highest BCUT2D eigenvalue weighted by molar-refractivity contribution is 6.10. The van der Waals surface area contributed by atoms with Gasteiger partial charge in [-0.1, -0.05) is 29.8 Å². The number of amides is 1. The predicted molar refractivity (Wildman–Crippen MR) is 136 cm³/mol. The summed E-state index contributed by atoms with van der Waals surface area (Å²) in [6, 6.07) is 19.1. The molecule has 1 aromatic heterocycles. The number of ether oxygens (including phenoxy) is 2. The Labute approximate surface area is 202 Å². The van der Waals surface area contributed by atoms with Crippen molar-refractivity contribution in [2.24, 2.45) is 0 Å². The predicted octanol–water partition coefficient (Wildman–Crippen LogP) is 4.59. The van der Waals surface area contributed by atoms with E-state index in [0.29, 0.717) is 40.3 Å². The maximum absolute atomic E-state index is 13.4. The third-order valence-electron chi connectivity index (χ3n) is 5.61. The summed E-state index contributed by atoms with van der Waals surface area (Å²) in [6.07, 6.45) is 1.46. The summed E-state index contributed by atoms with van der Waals surface area (Å²) < 4.78 is 12.3. The first-order chi connectivity index (χ1) is 16.9. The zero-order valence-corrected chi connectivity index (χ0v) is 19.8. The van der Waals surface area contributed by atoms with Crippen LogP contribution >= 0.6 is 0 Å². The zero-order valence-electron chi connectivity index (χ0n) is 19.8. The molecule has 0 aliphatic heterocycles. The second kappa shape index (κ2) is 10.3. The molecule has 7 nitrogen and oxygen atoms in total. The number of nitrogens with one attached hydrogen (secondary N) is 1. The lowest BCUT2D eigenvalue weighted by molar-refractivity contribution is -0.116. The molecule has 1 amide bonds. The number of benzene rings is 3. The van der Waals surface area contributed by atoms with E-state index in [1.54, 1.807) is 66.3 Å². The van der Waals surface area contributed by atoms with Crippen LogP contribution in [-0.4, -0.2) is 30.0 Å². The fraction of sp³-hybridized carbons (Fsp3) is 0.179. The van der Waals surface area contributed by atoms with Gasteiger partial charge in [0.05, 0.1) is 30.2 Å². The molecule has 1 heterocycles. The first-order valence-corrected chi connectivity index (χ1v) is 11.2. The van der Waals surface area contributed by atoms with Gasteiger partial charge in [-0.25, -0.2) is 0 Å². The minimum atomic E-state index is -0.404. The number of aryl methyl sites for hydroxylation is 1. The van der Waals surface area contributed by atoms with E-state index in [9.17, 15) is 14.4 Å². The van der Waals surface area contributed by atoms with E-state index in [1.807, 2.05) is 26.0 Å². The highest BCUT2D eigenvalue weighted by atomic mass is 16.5. The summed E-state index contributed by atoms with van der Waals surface area (Å²) in [5.74, 6) is 0.496. The Bertz CT molecular complexity index is 1440. The normalized spacial score (nSPS) is 10.7. The van der Waals surface area contributed by atoms with E-state index < -0.39 is 11.2 Å². The van der Waals surface area contributed by atoms with Gasteiger partial charge in [-0.05, 0) is 56.3 Å². The van der Waals surface area contributed by atoms with Crippen molar-refractivity contribution in [3.05, 3.63) is 99.8 Å². The van der Waals surface area contributed by atoms with E-state index in [2.05, 4.69) is 5.32 Å². The van der Waals surface area contributed by atoms with Crippen molar-refractivity contribution in [1.29, 1.82) is 0 Å². The van der Waals surface area contributed by atoms with Crippen LogP contribution in [0.25, 0.3) is 10.9 Å². The Hall–Kier alpha value is -4.39. The first kappa shape index (κ1) is 23.8. The average Bonchev–Trinajstić information content (AvgIpc) is 2.86. The second-order valence-electron chi connectivity index (χ2n) is 8.08. The van der Waals surface area contributed by atoms with E-state index >= 15 is 0 Å². The molecule has 0 spiro atoms. The number of nitrogens with zero attached hydrogens (tertiary/aromatic N) is 1. The van der Waals surface area contributed by atoms with Gasteiger partial charge in [0.2, 0.25) is 11.3 Å². The molecule has 178 valence electrons. The number of rotatable bonds is 8. The van der Waals surface area contributed by atoms with Crippen LogP contribution in [0.5, 0.6) is 11.5 Å². The van der Waals surface area contributed by atoms with Crippen LogP contribution in [0.15, 0.2) is 77.7 Å². The van der Waals surface area contributed by atoms with Gasteiger partial charge >= 0.3 is 0 Å². The molecule has 0 atom stereocenters. The maximum atomic E-state index is 13.4. The number of aromatic nitrogens is 1. The Kier molecular flexibility index (Phi) is 6.96. The van der Waals surface area contributed by atoms with Gasteiger partial charge in [-0.3, -0.25) is 14.4 Å². The molecule has 0 saturated heterocycles. The quantitative estimate of drug-likeness (QED) is 0.381. The lowest BCUT2D eigenvalue weighted by Gasteiger charge is -2.15. The summed E-state index contributed by atoms with van der Waals surface area (Å²) >= 11 is 0. The Morgan fingerprint density at radius 3 is 2.29 bits per heavy atom. The lowest BCUT2D eigenvalue weighted by Crippen LogP contribution is -2.24. The van der Waals surface area contributed by atoms with Crippen LogP contribution in [-0.2, 0) is 11.3 Å². The van der Waals surface area contributed by atoms with E-state index in [0.717, 1.165) is 5.56 Å². The van der Waals surface area contributed by atoms with Crippen molar-refractivity contribution in [2.45, 2.75) is 20.4 Å². The highest BCUT2D eigenvalue weighted by Crippen LogP contribution is 2.21. The summed E-state index contributed by atoms with van der Waals surface area (Å²) in [5.41, 5.74) is 2.14. The van der Waals surface area contributed by atoms with Gasteiger partial charge in [0.25, 0.3) is 0 Å². The van der Waals surface area contributed by atoms with Crippen LogP contribution in [0, 0.1) is 6.92 Å². The molecule has 4 aromatic rings. The van der Waals surface area contributed by atoms with Crippen LogP contribution in [0.3, 0.4) is 0 Å². The van der Waals surface area contributed by atoms with Crippen LogP contribution in [0.1, 0.15) is 28.4 Å². The number of fused-ring (bicyclic) bond motifs is 1. The minimum absolute atomic E-state index is 0.00718. The molecule has 0 unspecified atom stereocenters. The molecule has 4 rings (SSSR count). The molecule has 0 fully saturated rings. The lowest BCUT2D eigenvalue weighted by atomic mass is 10.0. The number of carbonyl (C=O) groups excluding carboxylic acids is 2. The fourth-order valence-corrected chi connectivity index (χ4v) is 3.82. The van der Waals surface area contributed by atoms with Crippen molar-refractivity contribution in [2.75, 3.05) is 19.0 Å². The van der Waals surface area contributed by atoms with Crippen LogP contribution in [0.4, 0.5) is 5.69 Å². The van der Waals surface area contributed by atoms with Crippen molar-refractivity contribution in [3.8, 4) is 11.5 Å². The summed E-state index contributed by atoms with van der Waals surface area (Å²) in [6.45, 7) is 4.12. The van der Waals surface area contributed by atoms with E-state index in [-0.39, 0.29) is 18.0 Å². The molecule has 0 aliphatic rings. The molecular weight excluding hydrogens is 444 g/mol. The van der Waals surface area contributed by atoms with E-state index in [1.165, 1.54) is 6.20 Å². The number of carbonyl (C=O) groups is 2. The average molecular weight is 471 g/mol.